The van der Waals surface area contributed by atoms with Gasteiger partial charge in [0, 0.05) is 26.2 Å². The molecule has 2 heterocycles. The summed E-state index contributed by atoms with van der Waals surface area (Å²) in [6.07, 6.45) is 0. The maximum absolute atomic E-state index is 12.2. The molecule has 7 nitrogen and oxygen atoms in total. The monoisotopic (exact) mass is 239 g/mol. The van der Waals surface area contributed by atoms with E-state index in [9.17, 15) is 4.79 Å². The van der Waals surface area contributed by atoms with Crippen LogP contribution in [0.25, 0.3) is 0 Å². The van der Waals surface area contributed by atoms with E-state index >= 15 is 0 Å². The second-order valence-corrected chi connectivity index (χ2v) is 4.01. The molecule has 7 heteroatoms. The van der Waals surface area contributed by atoms with Crippen molar-refractivity contribution < 1.29 is 9.90 Å². The molecule has 2 N–H and O–H groups in total. The molecule has 1 amide bonds. The van der Waals surface area contributed by atoms with Gasteiger partial charge in [-0.05, 0) is 6.92 Å². The summed E-state index contributed by atoms with van der Waals surface area (Å²) in [6.45, 7) is 5.19. The number of hydrogen-bond acceptors (Lipinski definition) is 5. The summed E-state index contributed by atoms with van der Waals surface area (Å²) in [5, 5.41) is 19.8. The second-order valence-electron chi connectivity index (χ2n) is 4.01. The lowest BCUT2D eigenvalue weighted by Crippen LogP contribution is -2.46. The first-order valence-electron chi connectivity index (χ1n) is 5.75. The van der Waals surface area contributed by atoms with Crippen LogP contribution in [-0.2, 0) is 6.54 Å². The van der Waals surface area contributed by atoms with Gasteiger partial charge in [0.15, 0.2) is 5.69 Å². The Morgan fingerprint density at radius 3 is 2.82 bits per heavy atom. The lowest BCUT2D eigenvalue weighted by atomic mass is 10.2. The van der Waals surface area contributed by atoms with Crippen LogP contribution in [0.1, 0.15) is 16.2 Å². The summed E-state index contributed by atoms with van der Waals surface area (Å²) in [5.41, 5.74) is 1.10. The third-order valence-corrected chi connectivity index (χ3v) is 2.90. The fourth-order valence-electron chi connectivity index (χ4n) is 1.88. The molecule has 1 aromatic rings. The molecule has 1 fully saturated rings. The molecule has 2 rings (SSSR count). The van der Waals surface area contributed by atoms with Gasteiger partial charge < -0.3 is 15.3 Å². The highest BCUT2D eigenvalue weighted by Gasteiger charge is 2.23. The van der Waals surface area contributed by atoms with Crippen LogP contribution in [0.15, 0.2) is 0 Å². The Kier molecular flexibility index (Phi) is 3.70. The lowest BCUT2D eigenvalue weighted by molar-refractivity contribution is 0.0729. The van der Waals surface area contributed by atoms with E-state index in [-0.39, 0.29) is 12.5 Å². The van der Waals surface area contributed by atoms with Gasteiger partial charge in [-0.2, -0.15) is 0 Å². The molecular formula is C10H17N5O2. The van der Waals surface area contributed by atoms with E-state index in [1.54, 1.807) is 16.5 Å². The molecule has 0 aliphatic carbocycles. The fourth-order valence-corrected chi connectivity index (χ4v) is 1.88. The number of carbonyl (C=O) groups excluding carboxylic acids is 1. The molecule has 17 heavy (non-hydrogen) atoms. The highest BCUT2D eigenvalue weighted by molar-refractivity contribution is 5.93. The molecule has 1 saturated heterocycles. The Bertz CT molecular complexity index is 397. The molecule has 0 radical (unpaired) electrons. The Labute approximate surface area is 99.4 Å². The third-order valence-electron chi connectivity index (χ3n) is 2.90. The van der Waals surface area contributed by atoms with Crippen LogP contribution in [0.2, 0.25) is 0 Å². The van der Waals surface area contributed by atoms with Gasteiger partial charge in [-0.25, -0.2) is 4.68 Å². The van der Waals surface area contributed by atoms with Crippen LogP contribution in [0, 0.1) is 6.92 Å². The SMILES string of the molecule is Cc1c(C(=O)N2CCNCC2)nnn1CCO. The molecule has 1 aliphatic rings. The molecule has 0 unspecified atom stereocenters. The number of aliphatic hydroxyl groups excluding tert-OH is 1. The van der Waals surface area contributed by atoms with E-state index in [2.05, 4.69) is 15.6 Å². The fraction of sp³-hybridized carbons (Fsp3) is 0.700. The first-order chi connectivity index (χ1) is 8.24. The van der Waals surface area contributed by atoms with Crippen LogP contribution in [0.5, 0.6) is 0 Å². The van der Waals surface area contributed by atoms with Gasteiger partial charge >= 0.3 is 0 Å². The molecule has 0 atom stereocenters. The first kappa shape index (κ1) is 12.0. The summed E-state index contributed by atoms with van der Waals surface area (Å²) < 4.78 is 1.55. The van der Waals surface area contributed by atoms with Crippen molar-refractivity contribution in [2.75, 3.05) is 32.8 Å². The normalized spacial score (nSPS) is 16.2. The summed E-state index contributed by atoms with van der Waals surface area (Å²) in [7, 11) is 0. The number of nitrogens with one attached hydrogen (secondary N) is 1. The number of rotatable bonds is 3. The van der Waals surface area contributed by atoms with Gasteiger partial charge in [0.1, 0.15) is 0 Å². The molecular weight excluding hydrogens is 222 g/mol. The minimum Gasteiger partial charge on any atom is -0.394 e. The topological polar surface area (TPSA) is 83.3 Å². The zero-order valence-corrected chi connectivity index (χ0v) is 9.89. The number of piperazine rings is 1. The number of aliphatic hydroxyl groups is 1. The number of nitrogens with zero attached hydrogens (tertiary/aromatic N) is 4. The van der Waals surface area contributed by atoms with Crippen molar-refractivity contribution in [3.8, 4) is 0 Å². The molecule has 94 valence electrons. The molecule has 0 saturated carbocycles. The van der Waals surface area contributed by atoms with Gasteiger partial charge in [0.05, 0.1) is 18.8 Å². The maximum Gasteiger partial charge on any atom is 0.276 e. The summed E-state index contributed by atoms with van der Waals surface area (Å²) >= 11 is 0. The zero-order valence-electron chi connectivity index (χ0n) is 9.89. The van der Waals surface area contributed by atoms with E-state index < -0.39 is 0 Å². The van der Waals surface area contributed by atoms with Crippen molar-refractivity contribution in [3.05, 3.63) is 11.4 Å². The summed E-state index contributed by atoms with van der Waals surface area (Å²) in [4.78, 5) is 13.9. The first-order valence-corrected chi connectivity index (χ1v) is 5.75. The van der Waals surface area contributed by atoms with Crippen molar-refractivity contribution in [2.45, 2.75) is 13.5 Å². The van der Waals surface area contributed by atoms with E-state index in [4.69, 9.17) is 5.11 Å². The standard InChI is InChI=1S/C10H17N5O2/c1-8-9(12-13-15(8)6-7-16)10(17)14-4-2-11-3-5-14/h11,16H,2-7H2,1H3. The predicted molar refractivity (Wildman–Crippen MR) is 60.6 cm³/mol. The number of carbonyl (C=O) groups is 1. The Balaban J connectivity index is 2.13. The highest BCUT2D eigenvalue weighted by Crippen LogP contribution is 2.08. The quantitative estimate of drug-likeness (QED) is 0.679. The summed E-state index contributed by atoms with van der Waals surface area (Å²) in [5.74, 6) is -0.0758. The average molecular weight is 239 g/mol. The lowest BCUT2D eigenvalue weighted by Gasteiger charge is -2.26. The maximum atomic E-state index is 12.2. The van der Waals surface area contributed by atoms with Crippen molar-refractivity contribution >= 4 is 5.91 Å². The number of hydrogen-bond donors (Lipinski definition) is 2. The van der Waals surface area contributed by atoms with E-state index in [1.807, 2.05) is 0 Å². The average Bonchev–Trinajstić information content (AvgIpc) is 2.72. The minimum atomic E-state index is -0.0758. The molecule has 0 aromatic carbocycles. The van der Waals surface area contributed by atoms with Crippen LogP contribution in [0.3, 0.4) is 0 Å². The van der Waals surface area contributed by atoms with Crippen molar-refractivity contribution in [3.63, 3.8) is 0 Å². The van der Waals surface area contributed by atoms with Crippen molar-refractivity contribution in [2.24, 2.45) is 0 Å². The molecule has 0 bridgehead atoms. The van der Waals surface area contributed by atoms with Gasteiger partial charge in [-0.1, -0.05) is 5.21 Å². The van der Waals surface area contributed by atoms with Gasteiger partial charge in [-0.3, -0.25) is 4.79 Å². The summed E-state index contributed by atoms with van der Waals surface area (Å²) in [6, 6.07) is 0. The second kappa shape index (κ2) is 5.24. The largest absolute Gasteiger partial charge is 0.394 e. The van der Waals surface area contributed by atoms with Crippen LogP contribution in [0.4, 0.5) is 0 Å². The van der Waals surface area contributed by atoms with Crippen LogP contribution < -0.4 is 5.32 Å². The van der Waals surface area contributed by atoms with Crippen molar-refractivity contribution in [1.29, 1.82) is 0 Å². The third kappa shape index (κ3) is 2.45. The van der Waals surface area contributed by atoms with Gasteiger partial charge in [-0.15, -0.1) is 5.10 Å². The van der Waals surface area contributed by atoms with Gasteiger partial charge in [0.2, 0.25) is 0 Å². The van der Waals surface area contributed by atoms with Crippen LogP contribution in [-0.4, -0.2) is 63.7 Å². The molecule has 1 aliphatic heterocycles. The van der Waals surface area contributed by atoms with E-state index in [0.29, 0.717) is 31.0 Å². The highest BCUT2D eigenvalue weighted by atomic mass is 16.3. The Morgan fingerprint density at radius 1 is 1.47 bits per heavy atom. The zero-order chi connectivity index (χ0) is 12.3. The molecule has 0 spiro atoms. The molecule has 1 aromatic heterocycles. The Morgan fingerprint density at radius 2 is 2.18 bits per heavy atom. The Hall–Kier alpha value is -1.47. The number of amides is 1. The predicted octanol–water partition coefficient (Wildman–Crippen LogP) is -1.38. The minimum absolute atomic E-state index is 0.00847. The smallest absolute Gasteiger partial charge is 0.276 e. The van der Waals surface area contributed by atoms with Gasteiger partial charge in [0.25, 0.3) is 5.91 Å². The number of aromatic nitrogens is 3. The van der Waals surface area contributed by atoms with E-state index in [1.165, 1.54) is 0 Å². The van der Waals surface area contributed by atoms with Crippen LogP contribution >= 0.6 is 0 Å². The van der Waals surface area contributed by atoms with E-state index in [0.717, 1.165) is 13.1 Å². The van der Waals surface area contributed by atoms with Crippen molar-refractivity contribution in [1.82, 2.24) is 25.2 Å².